The van der Waals surface area contributed by atoms with Crippen LogP contribution < -0.4 is 10.1 Å². The van der Waals surface area contributed by atoms with Gasteiger partial charge in [0.15, 0.2) is 0 Å². The summed E-state index contributed by atoms with van der Waals surface area (Å²) in [5.74, 6) is 0.771. The monoisotopic (exact) mass is 330 g/mol. The van der Waals surface area contributed by atoms with Gasteiger partial charge in [0.1, 0.15) is 5.75 Å². The van der Waals surface area contributed by atoms with Crippen LogP contribution in [-0.2, 0) is 0 Å². The molecule has 1 atom stereocenters. The number of halogens is 1. The van der Waals surface area contributed by atoms with E-state index in [9.17, 15) is 5.11 Å². The molecule has 0 radical (unpaired) electrons. The van der Waals surface area contributed by atoms with Crippen molar-refractivity contribution < 1.29 is 9.84 Å². The average Bonchev–Trinajstić information content (AvgIpc) is 2.58. The predicted molar refractivity (Wildman–Crippen MR) is 95.6 cm³/mol. The fourth-order valence-electron chi connectivity index (χ4n) is 2.66. The van der Waals surface area contributed by atoms with E-state index in [2.05, 4.69) is 5.32 Å². The summed E-state index contributed by atoms with van der Waals surface area (Å²) in [6.45, 7) is 2.11. The van der Waals surface area contributed by atoms with Crippen molar-refractivity contribution in [3.63, 3.8) is 0 Å². The number of aromatic nitrogens is 1. The molecule has 0 fully saturated rings. The Kier molecular flexibility index (Phi) is 4.55. The number of ether oxygens (including phenoxy) is 1. The molecular weight excluding hydrogens is 312 g/mol. The molecule has 5 heteroatoms. The molecule has 4 nitrogen and oxygen atoms in total. The van der Waals surface area contributed by atoms with Crippen LogP contribution in [0, 0.1) is 0 Å². The van der Waals surface area contributed by atoms with Crippen molar-refractivity contribution in [3.8, 4) is 5.75 Å². The van der Waals surface area contributed by atoms with E-state index in [-0.39, 0.29) is 12.6 Å². The Labute approximate surface area is 140 Å². The summed E-state index contributed by atoms with van der Waals surface area (Å²) >= 11 is 6.11. The summed E-state index contributed by atoms with van der Waals surface area (Å²) < 4.78 is 5.34. The summed E-state index contributed by atoms with van der Waals surface area (Å²) in [5, 5.41) is 15.6. The number of fused-ring (bicyclic) bond motifs is 2. The first-order valence-electron chi connectivity index (χ1n) is 7.60. The van der Waals surface area contributed by atoms with Crippen LogP contribution in [0.15, 0.2) is 36.4 Å². The molecule has 0 bridgehead atoms. The summed E-state index contributed by atoms with van der Waals surface area (Å²) in [7, 11) is 1.64. The highest BCUT2D eigenvalue weighted by Gasteiger charge is 2.13. The van der Waals surface area contributed by atoms with Crippen LogP contribution in [0.25, 0.3) is 21.8 Å². The highest BCUT2D eigenvalue weighted by molar-refractivity contribution is 6.31. The second-order valence-electron chi connectivity index (χ2n) is 5.46. The first-order valence-corrected chi connectivity index (χ1v) is 7.98. The molecule has 2 aromatic carbocycles. The highest BCUT2D eigenvalue weighted by atomic mass is 35.5. The molecule has 0 amide bonds. The number of nitrogens with one attached hydrogen (secondary N) is 1. The quantitative estimate of drug-likeness (QED) is 0.687. The van der Waals surface area contributed by atoms with E-state index in [1.807, 2.05) is 43.3 Å². The fraction of sp³-hybridized carbons (Fsp3) is 0.278. The van der Waals surface area contributed by atoms with E-state index in [0.29, 0.717) is 5.02 Å². The minimum absolute atomic E-state index is 0.0225. The van der Waals surface area contributed by atoms with Gasteiger partial charge in [0, 0.05) is 21.8 Å². The lowest BCUT2D eigenvalue weighted by molar-refractivity contribution is 0.272. The van der Waals surface area contributed by atoms with E-state index in [1.165, 1.54) is 0 Å². The van der Waals surface area contributed by atoms with Gasteiger partial charge >= 0.3 is 0 Å². The molecular formula is C18H19ClN2O2. The Morgan fingerprint density at radius 3 is 2.70 bits per heavy atom. The minimum atomic E-state index is -0.0225. The standard InChI is InChI=1S/C18H19ClN2O2/c1-3-12(10-22)20-18-14-6-4-11(19)8-17(14)21-16-7-5-13(23-2)9-15(16)18/h4-9,12,22H,3,10H2,1-2H3,(H,20,21). The second kappa shape index (κ2) is 6.60. The molecule has 1 unspecified atom stereocenters. The Hall–Kier alpha value is -2.04. The lowest BCUT2D eigenvalue weighted by Crippen LogP contribution is -2.23. The van der Waals surface area contributed by atoms with Crippen LogP contribution in [-0.4, -0.2) is 29.8 Å². The van der Waals surface area contributed by atoms with Crippen molar-refractivity contribution in [3.05, 3.63) is 41.4 Å². The molecule has 0 aliphatic rings. The first-order chi connectivity index (χ1) is 11.2. The van der Waals surface area contributed by atoms with Crippen molar-refractivity contribution >= 4 is 39.1 Å². The number of hydrogen-bond donors (Lipinski definition) is 2. The molecule has 0 aliphatic carbocycles. The molecule has 0 spiro atoms. The van der Waals surface area contributed by atoms with Crippen molar-refractivity contribution in [2.24, 2.45) is 0 Å². The maximum absolute atomic E-state index is 9.55. The Morgan fingerprint density at radius 2 is 2.00 bits per heavy atom. The maximum Gasteiger partial charge on any atom is 0.119 e. The molecule has 1 heterocycles. The summed E-state index contributed by atoms with van der Waals surface area (Å²) in [5.41, 5.74) is 2.63. The molecule has 0 saturated heterocycles. The van der Waals surface area contributed by atoms with Crippen LogP contribution in [0.5, 0.6) is 5.75 Å². The second-order valence-corrected chi connectivity index (χ2v) is 5.90. The number of pyridine rings is 1. The number of aliphatic hydroxyl groups excluding tert-OH is 1. The van der Waals surface area contributed by atoms with Crippen molar-refractivity contribution in [1.29, 1.82) is 0 Å². The van der Waals surface area contributed by atoms with Gasteiger partial charge in [-0.25, -0.2) is 4.98 Å². The normalized spacial score (nSPS) is 12.5. The van der Waals surface area contributed by atoms with E-state index in [1.54, 1.807) is 7.11 Å². The van der Waals surface area contributed by atoms with Crippen molar-refractivity contribution in [2.75, 3.05) is 19.0 Å². The molecule has 23 heavy (non-hydrogen) atoms. The molecule has 1 aromatic heterocycles. The number of rotatable bonds is 5. The smallest absolute Gasteiger partial charge is 0.119 e. The van der Waals surface area contributed by atoms with Gasteiger partial charge in [0.05, 0.1) is 30.4 Å². The van der Waals surface area contributed by atoms with Crippen LogP contribution in [0.1, 0.15) is 13.3 Å². The third kappa shape index (κ3) is 3.05. The van der Waals surface area contributed by atoms with Gasteiger partial charge < -0.3 is 15.2 Å². The average molecular weight is 331 g/mol. The Morgan fingerprint density at radius 1 is 1.17 bits per heavy atom. The van der Waals surface area contributed by atoms with Gasteiger partial charge in [-0.2, -0.15) is 0 Å². The third-order valence-corrected chi connectivity index (χ3v) is 4.24. The lowest BCUT2D eigenvalue weighted by atomic mass is 10.1. The summed E-state index contributed by atoms with van der Waals surface area (Å²) in [4.78, 5) is 4.69. The van der Waals surface area contributed by atoms with E-state index in [4.69, 9.17) is 21.3 Å². The van der Waals surface area contributed by atoms with Gasteiger partial charge in [-0.1, -0.05) is 18.5 Å². The third-order valence-electron chi connectivity index (χ3n) is 4.00. The molecule has 0 saturated carbocycles. The first kappa shape index (κ1) is 15.8. The Balaban J connectivity index is 2.31. The zero-order valence-corrected chi connectivity index (χ0v) is 13.9. The number of nitrogens with zero attached hydrogens (tertiary/aromatic N) is 1. The van der Waals surface area contributed by atoms with Crippen LogP contribution >= 0.6 is 11.6 Å². The van der Waals surface area contributed by atoms with Gasteiger partial charge in [-0.15, -0.1) is 0 Å². The van der Waals surface area contributed by atoms with Crippen LogP contribution in [0.2, 0.25) is 5.02 Å². The van der Waals surface area contributed by atoms with E-state index < -0.39 is 0 Å². The molecule has 120 valence electrons. The largest absolute Gasteiger partial charge is 0.497 e. The van der Waals surface area contributed by atoms with Crippen molar-refractivity contribution in [2.45, 2.75) is 19.4 Å². The zero-order chi connectivity index (χ0) is 16.4. The highest BCUT2D eigenvalue weighted by Crippen LogP contribution is 2.34. The number of methoxy groups -OCH3 is 1. The van der Waals surface area contributed by atoms with Gasteiger partial charge in [0.25, 0.3) is 0 Å². The topological polar surface area (TPSA) is 54.4 Å². The van der Waals surface area contributed by atoms with E-state index in [0.717, 1.165) is 39.7 Å². The fourth-order valence-corrected chi connectivity index (χ4v) is 2.83. The summed E-state index contributed by atoms with van der Waals surface area (Å²) in [6.07, 6.45) is 0.819. The van der Waals surface area contributed by atoms with Gasteiger partial charge in [-0.05, 0) is 42.8 Å². The maximum atomic E-state index is 9.55. The molecule has 3 aromatic rings. The molecule has 0 aliphatic heterocycles. The summed E-state index contributed by atoms with van der Waals surface area (Å²) in [6, 6.07) is 11.4. The minimum Gasteiger partial charge on any atom is -0.497 e. The number of anilines is 1. The predicted octanol–water partition coefficient (Wildman–Crippen LogP) is 4.23. The molecule has 2 N–H and O–H groups in total. The number of aliphatic hydroxyl groups is 1. The molecule has 3 rings (SSSR count). The van der Waals surface area contributed by atoms with E-state index >= 15 is 0 Å². The Bertz CT molecular complexity index is 847. The van der Waals surface area contributed by atoms with Crippen molar-refractivity contribution in [1.82, 2.24) is 4.98 Å². The van der Waals surface area contributed by atoms with Crippen LogP contribution in [0.3, 0.4) is 0 Å². The zero-order valence-electron chi connectivity index (χ0n) is 13.1. The van der Waals surface area contributed by atoms with Gasteiger partial charge in [-0.3, -0.25) is 0 Å². The SMILES string of the molecule is CCC(CO)Nc1c2ccc(Cl)cc2nc2ccc(OC)cc12. The number of benzene rings is 2. The van der Waals surface area contributed by atoms with Gasteiger partial charge in [0.2, 0.25) is 0 Å². The number of hydrogen-bond acceptors (Lipinski definition) is 4. The van der Waals surface area contributed by atoms with Crippen LogP contribution in [0.4, 0.5) is 5.69 Å². The lowest BCUT2D eigenvalue weighted by Gasteiger charge is -2.19.